The molecule has 1 aromatic rings. The number of nitrogens with one attached hydrogen (secondary N) is 1. The van der Waals surface area contributed by atoms with Crippen molar-refractivity contribution in [1.29, 1.82) is 0 Å². The van der Waals surface area contributed by atoms with Crippen LogP contribution in [0.1, 0.15) is 46.1 Å². The van der Waals surface area contributed by atoms with Crippen LogP contribution >= 0.6 is 0 Å². The predicted octanol–water partition coefficient (Wildman–Crippen LogP) is 3.31. The quantitative estimate of drug-likeness (QED) is 0.462. The second kappa shape index (κ2) is 12.1. The molecule has 0 spiro atoms. The van der Waals surface area contributed by atoms with E-state index in [9.17, 15) is 9.59 Å². The Labute approximate surface area is 168 Å². The Balaban J connectivity index is 2.51. The maximum absolute atomic E-state index is 12.5. The SMILES string of the molecule is C=CCCOC(C)C(=O)NCCCN(Cc1cccnc1)C(=O)OC(C)(C)C. The molecule has 0 aromatic carbocycles. The summed E-state index contributed by atoms with van der Waals surface area (Å²) in [4.78, 5) is 30.2. The highest BCUT2D eigenvalue weighted by Crippen LogP contribution is 2.12. The lowest BCUT2D eigenvalue weighted by molar-refractivity contribution is -0.131. The summed E-state index contributed by atoms with van der Waals surface area (Å²) in [5.41, 5.74) is 0.345. The normalized spacial score (nSPS) is 12.1. The number of nitrogens with zero attached hydrogens (tertiary/aromatic N) is 2. The van der Waals surface area contributed by atoms with Gasteiger partial charge in [-0.2, -0.15) is 0 Å². The van der Waals surface area contributed by atoms with E-state index in [0.717, 1.165) is 5.56 Å². The molecule has 2 amide bonds. The zero-order valence-corrected chi connectivity index (χ0v) is 17.4. The Morgan fingerprint density at radius 3 is 2.75 bits per heavy atom. The van der Waals surface area contributed by atoms with Crippen molar-refractivity contribution in [2.24, 2.45) is 0 Å². The molecule has 1 heterocycles. The molecule has 1 atom stereocenters. The van der Waals surface area contributed by atoms with E-state index in [1.807, 2.05) is 32.9 Å². The van der Waals surface area contributed by atoms with Gasteiger partial charge in [0.1, 0.15) is 11.7 Å². The summed E-state index contributed by atoms with van der Waals surface area (Å²) in [7, 11) is 0. The summed E-state index contributed by atoms with van der Waals surface area (Å²) >= 11 is 0. The van der Waals surface area contributed by atoms with Crippen LogP contribution in [0.4, 0.5) is 4.79 Å². The predicted molar refractivity (Wildman–Crippen MR) is 109 cm³/mol. The molecule has 0 aliphatic rings. The van der Waals surface area contributed by atoms with Crippen molar-refractivity contribution in [2.45, 2.75) is 58.8 Å². The third-order valence-electron chi connectivity index (χ3n) is 3.71. The van der Waals surface area contributed by atoms with Gasteiger partial charge < -0.3 is 19.7 Å². The molecule has 0 saturated heterocycles. The van der Waals surface area contributed by atoms with Crippen molar-refractivity contribution in [3.63, 3.8) is 0 Å². The van der Waals surface area contributed by atoms with Crippen LogP contribution in [0, 0.1) is 0 Å². The van der Waals surface area contributed by atoms with Gasteiger partial charge in [-0.3, -0.25) is 9.78 Å². The number of hydrogen-bond acceptors (Lipinski definition) is 5. The number of ether oxygens (including phenoxy) is 2. The van der Waals surface area contributed by atoms with E-state index in [1.165, 1.54) is 0 Å². The fraction of sp³-hybridized carbons (Fsp3) is 0.571. The number of carbonyl (C=O) groups excluding carboxylic acids is 2. The number of hydrogen-bond donors (Lipinski definition) is 1. The highest BCUT2D eigenvalue weighted by Gasteiger charge is 2.22. The third kappa shape index (κ3) is 10.1. The molecule has 0 bridgehead atoms. The monoisotopic (exact) mass is 391 g/mol. The van der Waals surface area contributed by atoms with E-state index in [1.54, 1.807) is 30.3 Å². The summed E-state index contributed by atoms with van der Waals surface area (Å²) in [6, 6.07) is 3.74. The number of amides is 2. The number of carbonyl (C=O) groups is 2. The van der Waals surface area contributed by atoms with Crippen LogP contribution in [0.3, 0.4) is 0 Å². The molecule has 28 heavy (non-hydrogen) atoms. The van der Waals surface area contributed by atoms with Crippen molar-refractivity contribution in [2.75, 3.05) is 19.7 Å². The molecule has 1 unspecified atom stereocenters. The van der Waals surface area contributed by atoms with Crippen LogP contribution in [0.2, 0.25) is 0 Å². The van der Waals surface area contributed by atoms with Crippen molar-refractivity contribution < 1.29 is 19.1 Å². The topological polar surface area (TPSA) is 80.8 Å². The molecule has 1 rings (SSSR count). The third-order valence-corrected chi connectivity index (χ3v) is 3.71. The van der Waals surface area contributed by atoms with Gasteiger partial charge in [-0.15, -0.1) is 6.58 Å². The van der Waals surface area contributed by atoms with E-state index in [-0.39, 0.29) is 12.0 Å². The molecule has 1 aromatic heterocycles. The number of pyridine rings is 1. The molecular formula is C21H33N3O4. The average molecular weight is 392 g/mol. The Morgan fingerprint density at radius 1 is 1.39 bits per heavy atom. The lowest BCUT2D eigenvalue weighted by Crippen LogP contribution is -2.39. The van der Waals surface area contributed by atoms with Crippen LogP contribution < -0.4 is 5.32 Å². The molecule has 0 saturated carbocycles. The van der Waals surface area contributed by atoms with Crippen molar-refractivity contribution in [1.82, 2.24) is 15.2 Å². The van der Waals surface area contributed by atoms with Crippen LogP contribution in [0.15, 0.2) is 37.2 Å². The zero-order chi connectivity index (χ0) is 21.0. The fourth-order valence-corrected chi connectivity index (χ4v) is 2.30. The summed E-state index contributed by atoms with van der Waals surface area (Å²) in [5, 5.41) is 2.83. The average Bonchev–Trinajstić information content (AvgIpc) is 2.63. The molecule has 156 valence electrons. The summed E-state index contributed by atoms with van der Waals surface area (Å²) in [5.74, 6) is -0.167. The van der Waals surface area contributed by atoms with E-state index >= 15 is 0 Å². The highest BCUT2D eigenvalue weighted by molar-refractivity contribution is 5.80. The van der Waals surface area contributed by atoms with Crippen molar-refractivity contribution in [3.05, 3.63) is 42.7 Å². The van der Waals surface area contributed by atoms with Crippen LogP contribution in [-0.4, -0.2) is 53.3 Å². The van der Waals surface area contributed by atoms with Gasteiger partial charge in [-0.25, -0.2) is 4.79 Å². The Hall–Kier alpha value is -2.41. The molecule has 7 nitrogen and oxygen atoms in total. The van der Waals surface area contributed by atoms with Crippen molar-refractivity contribution >= 4 is 12.0 Å². The molecule has 0 aliphatic heterocycles. The minimum atomic E-state index is -0.573. The zero-order valence-electron chi connectivity index (χ0n) is 17.4. The Kier molecular flexibility index (Phi) is 10.2. The lowest BCUT2D eigenvalue weighted by atomic mass is 10.2. The molecule has 1 N–H and O–H groups in total. The first-order valence-electron chi connectivity index (χ1n) is 9.60. The molecule has 0 aliphatic carbocycles. The Bertz CT molecular complexity index is 614. The second-order valence-corrected chi connectivity index (χ2v) is 7.50. The molecule has 0 radical (unpaired) electrons. The maximum Gasteiger partial charge on any atom is 0.410 e. The van der Waals surface area contributed by atoms with E-state index in [2.05, 4.69) is 16.9 Å². The fourth-order valence-electron chi connectivity index (χ4n) is 2.30. The van der Waals surface area contributed by atoms with Gasteiger partial charge in [-0.05, 0) is 52.2 Å². The van der Waals surface area contributed by atoms with Gasteiger partial charge in [0.15, 0.2) is 0 Å². The number of rotatable bonds is 11. The molecular weight excluding hydrogens is 358 g/mol. The van der Waals surface area contributed by atoms with Gasteiger partial charge in [0.25, 0.3) is 0 Å². The second-order valence-electron chi connectivity index (χ2n) is 7.50. The summed E-state index contributed by atoms with van der Waals surface area (Å²) in [6.07, 6.45) is 5.57. The lowest BCUT2D eigenvalue weighted by Gasteiger charge is -2.27. The van der Waals surface area contributed by atoms with Crippen LogP contribution in [0.5, 0.6) is 0 Å². The molecule has 0 fully saturated rings. The smallest absolute Gasteiger partial charge is 0.410 e. The van der Waals surface area contributed by atoms with Gasteiger partial charge in [0.05, 0.1) is 13.2 Å². The van der Waals surface area contributed by atoms with Crippen molar-refractivity contribution in [3.8, 4) is 0 Å². The standard InChI is InChI=1S/C21H33N3O4/c1-6-7-14-27-17(2)19(25)23-12-9-13-24(20(26)28-21(3,4)5)16-18-10-8-11-22-15-18/h6,8,10-11,15,17H,1,7,9,12-14,16H2,2-5H3,(H,23,25). The van der Waals surface area contributed by atoms with Gasteiger partial charge in [0.2, 0.25) is 5.91 Å². The minimum absolute atomic E-state index is 0.167. The van der Waals surface area contributed by atoms with Gasteiger partial charge >= 0.3 is 6.09 Å². The first kappa shape index (κ1) is 23.6. The molecule has 7 heteroatoms. The largest absolute Gasteiger partial charge is 0.444 e. The maximum atomic E-state index is 12.5. The first-order valence-corrected chi connectivity index (χ1v) is 9.60. The number of aromatic nitrogens is 1. The van der Waals surface area contributed by atoms with E-state index < -0.39 is 11.7 Å². The highest BCUT2D eigenvalue weighted by atomic mass is 16.6. The van der Waals surface area contributed by atoms with Gasteiger partial charge in [0, 0.05) is 25.5 Å². The summed E-state index contributed by atoms with van der Waals surface area (Å²) in [6.45, 7) is 12.6. The van der Waals surface area contributed by atoms with Crippen LogP contribution in [-0.2, 0) is 20.8 Å². The Morgan fingerprint density at radius 2 is 2.14 bits per heavy atom. The minimum Gasteiger partial charge on any atom is -0.444 e. The first-order chi connectivity index (χ1) is 13.2. The van der Waals surface area contributed by atoms with Crippen LogP contribution in [0.25, 0.3) is 0 Å². The van der Waals surface area contributed by atoms with E-state index in [4.69, 9.17) is 9.47 Å². The van der Waals surface area contributed by atoms with Gasteiger partial charge in [-0.1, -0.05) is 12.1 Å². The summed E-state index contributed by atoms with van der Waals surface area (Å²) < 4.78 is 10.9. The van der Waals surface area contributed by atoms with E-state index in [0.29, 0.717) is 39.1 Å².